The Labute approximate surface area is 186 Å². The summed E-state index contributed by atoms with van der Waals surface area (Å²) in [5, 5.41) is 6.20. The molecule has 0 unspecified atom stereocenters. The molecule has 3 aromatic rings. The second kappa shape index (κ2) is 8.94. The lowest BCUT2D eigenvalue weighted by Crippen LogP contribution is -2.36. The lowest BCUT2D eigenvalue weighted by Gasteiger charge is -2.16. The van der Waals surface area contributed by atoms with Gasteiger partial charge in [-0.1, -0.05) is 18.9 Å². The highest BCUT2D eigenvalue weighted by Crippen LogP contribution is 2.18. The molecule has 0 bridgehead atoms. The first-order valence-electron chi connectivity index (χ1n) is 11.0. The summed E-state index contributed by atoms with van der Waals surface area (Å²) >= 11 is 0. The van der Waals surface area contributed by atoms with Gasteiger partial charge < -0.3 is 15.2 Å². The molecular weight excluding hydrogens is 404 g/mol. The predicted octanol–water partition coefficient (Wildman–Crippen LogP) is 3.63. The number of aromatic nitrogens is 2. The monoisotopic (exact) mass is 432 g/mol. The van der Waals surface area contributed by atoms with Crippen LogP contribution in [0.4, 0.5) is 5.69 Å². The summed E-state index contributed by atoms with van der Waals surface area (Å²) in [6.45, 7) is 5.71. The number of amides is 2. The van der Waals surface area contributed by atoms with Gasteiger partial charge in [0.15, 0.2) is 0 Å². The van der Waals surface area contributed by atoms with Crippen LogP contribution in [-0.2, 0) is 11.3 Å². The zero-order valence-corrected chi connectivity index (χ0v) is 18.7. The van der Waals surface area contributed by atoms with E-state index in [0.29, 0.717) is 16.7 Å². The number of hydrogen-bond donors (Lipinski definition) is 2. The fourth-order valence-electron chi connectivity index (χ4n) is 4.39. The Balaban J connectivity index is 1.69. The van der Waals surface area contributed by atoms with Crippen molar-refractivity contribution in [2.75, 3.05) is 5.32 Å². The molecule has 1 aliphatic carbocycles. The second-order valence-electron chi connectivity index (χ2n) is 8.70. The minimum Gasteiger partial charge on any atom is -0.352 e. The summed E-state index contributed by atoms with van der Waals surface area (Å²) in [7, 11) is 0. The lowest BCUT2D eigenvalue weighted by molar-refractivity contribution is -0.122. The highest BCUT2D eigenvalue weighted by Gasteiger charge is 2.20. The summed E-state index contributed by atoms with van der Waals surface area (Å²) in [6.07, 6.45) is 5.66. The summed E-state index contributed by atoms with van der Waals surface area (Å²) in [5.41, 5.74) is 3.37. The first-order chi connectivity index (χ1) is 15.3. The van der Waals surface area contributed by atoms with Crippen LogP contribution in [0, 0.1) is 20.8 Å². The van der Waals surface area contributed by atoms with E-state index in [9.17, 15) is 14.4 Å². The molecule has 7 nitrogen and oxygen atoms in total. The molecule has 0 spiro atoms. The highest BCUT2D eigenvalue weighted by atomic mass is 16.2. The summed E-state index contributed by atoms with van der Waals surface area (Å²) in [5.74, 6) is -0.654. The number of nitrogens with one attached hydrogen (secondary N) is 2. The Morgan fingerprint density at radius 2 is 1.75 bits per heavy atom. The van der Waals surface area contributed by atoms with Gasteiger partial charge in [-0.3, -0.25) is 14.4 Å². The molecular formula is C25H28N4O3. The van der Waals surface area contributed by atoms with Gasteiger partial charge in [-0.05, 0) is 69.0 Å². The Morgan fingerprint density at radius 1 is 1.06 bits per heavy atom. The Hall–Kier alpha value is -3.48. The molecule has 0 aliphatic heterocycles. The van der Waals surface area contributed by atoms with E-state index in [-0.39, 0.29) is 24.1 Å². The van der Waals surface area contributed by atoms with E-state index in [1.165, 1.54) is 6.20 Å². The molecule has 2 heterocycles. The first-order valence-corrected chi connectivity index (χ1v) is 11.0. The van der Waals surface area contributed by atoms with Gasteiger partial charge >= 0.3 is 0 Å². The van der Waals surface area contributed by atoms with E-state index >= 15 is 0 Å². The highest BCUT2D eigenvalue weighted by molar-refractivity contribution is 6.05. The minimum absolute atomic E-state index is 0.00638. The van der Waals surface area contributed by atoms with Gasteiger partial charge in [-0.2, -0.15) is 0 Å². The van der Waals surface area contributed by atoms with Gasteiger partial charge in [0.2, 0.25) is 11.3 Å². The molecule has 2 amide bonds. The number of rotatable bonds is 5. The van der Waals surface area contributed by atoms with Crippen LogP contribution in [-0.4, -0.2) is 27.4 Å². The second-order valence-corrected chi connectivity index (χ2v) is 8.70. The van der Waals surface area contributed by atoms with Crippen molar-refractivity contribution in [2.45, 2.75) is 59.0 Å². The number of aryl methyl sites for hydroxylation is 3. The van der Waals surface area contributed by atoms with E-state index < -0.39 is 11.3 Å². The lowest BCUT2D eigenvalue weighted by atomic mass is 10.1. The zero-order valence-electron chi connectivity index (χ0n) is 18.7. The van der Waals surface area contributed by atoms with Crippen molar-refractivity contribution in [3.8, 4) is 0 Å². The molecule has 7 heteroatoms. The Morgan fingerprint density at radius 3 is 2.44 bits per heavy atom. The molecule has 166 valence electrons. The predicted molar refractivity (Wildman–Crippen MR) is 125 cm³/mol. The molecule has 0 radical (unpaired) electrons. The molecule has 0 atom stereocenters. The number of carbonyl (C=O) groups excluding carboxylic acids is 2. The summed E-state index contributed by atoms with van der Waals surface area (Å²) in [6, 6.07) is 9.30. The quantitative estimate of drug-likeness (QED) is 0.644. The third-order valence-corrected chi connectivity index (χ3v) is 5.82. The van der Waals surface area contributed by atoms with Crippen molar-refractivity contribution in [1.82, 2.24) is 14.9 Å². The van der Waals surface area contributed by atoms with Crippen LogP contribution in [0.25, 0.3) is 11.0 Å². The van der Waals surface area contributed by atoms with Crippen LogP contribution < -0.4 is 16.1 Å². The molecule has 4 rings (SSSR count). The SMILES string of the molecule is Cc1cc(C)cc(NC(=O)c2cn(CC(=O)NC3CCCC3)c3nc(C)ccc3c2=O)c1. The minimum atomic E-state index is -0.507. The van der Waals surface area contributed by atoms with Crippen molar-refractivity contribution in [3.63, 3.8) is 0 Å². The Bertz CT molecular complexity index is 1240. The maximum Gasteiger partial charge on any atom is 0.261 e. The number of benzene rings is 1. The van der Waals surface area contributed by atoms with Crippen molar-refractivity contribution >= 4 is 28.5 Å². The van der Waals surface area contributed by atoms with Gasteiger partial charge in [0, 0.05) is 23.6 Å². The third-order valence-electron chi connectivity index (χ3n) is 5.82. The Kier molecular flexibility index (Phi) is 6.08. The zero-order chi connectivity index (χ0) is 22.8. The fraction of sp³-hybridized carbons (Fsp3) is 0.360. The molecule has 1 fully saturated rings. The number of hydrogen-bond acceptors (Lipinski definition) is 4. The maximum absolute atomic E-state index is 13.1. The van der Waals surface area contributed by atoms with E-state index in [1.54, 1.807) is 16.7 Å². The van der Waals surface area contributed by atoms with Crippen LogP contribution >= 0.6 is 0 Å². The van der Waals surface area contributed by atoms with Crippen LogP contribution in [0.2, 0.25) is 0 Å². The number of nitrogens with zero attached hydrogens (tertiary/aromatic N) is 2. The van der Waals surface area contributed by atoms with Crippen molar-refractivity contribution in [3.05, 3.63) is 69.1 Å². The van der Waals surface area contributed by atoms with Crippen molar-refractivity contribution in [2.24, 2.45) is 0 Å². The molecule has 2 N–H and O–H groups in total. The largest absolute Gasteiger partial charge is 0.352 e. The summed E-state index contributed by atoms with van der Waals surface area (Å²) in [4.78, 5) is 43.3. The normalized spacial score (nSPS) is 14.0. The van der Waals surface area contributed by atoms with E-state index in [1.807, 2.05) is 39.0 Å². The average Bonchev–Trinajstić information content (AvgIpc) is 3.22. The van der Waals surface area contributed by atoms with Gasteiger partial charge in [0.05, 0.1) is 5.39 Å². The first kappa shape index (κ1) is 21.7. The topological polar surface area (TPSA) is 93.1 Å². The van der Waals surface area contributed by atoms with Crippen LogP contribution in [0.1, 0.15) is 52.9 Å². The number of pyridine rings is 2. The molecule has 1 aliphatic rings. The molecule has 32 heavy (non-hydrogen) atoms. The maximum atomic E-state index is 13.1. The van der Waals surface area contributed by atoms with Crippen molar-refractivity contribution < 1.29 is 9.59 Å². The van der Waals surface area contributed by atoms with Gasteiger partial charge in [-0.25, -0.2) is 4.98 Å². The van der Waals surface area contributed by atoms with Gasteiger partial charge in [0.1, 0.15) is 17.8 Å². The van der Waals surface area contributed by atoms with Crippen LogP contribution in [0.15, 0.2) is 41.3 Å². The standard InChI is InChI=1S/C25H28N4O3/c1-15-10-16(2)12-19(11-15)28-25(32)21-13-29(14-22(30)27-18-6-4-5-7-18)24-20(23(21)31)9-8-17(3)26-24/h8-13,18H,4-7,14H2,1-3H3,(H,27,30)(H,28,32). The van der Waals surface area contributed by atoms with Gasteiger partial charge in [-0.15, -0.1) is 0 Å². The van der Waals surface area contributed by atoms with Crippen molar-refractivity contribution in [1.29, 1.82) is 0 Å². The summed E-state index contributed by atoms with van der Waals surface area (Å²) < 4.78 is 1.60. The third kappa shape index (κ3) is 4.72. The van der Waals surface area contributed by atoms with E-state index in [2.05, 4.69) is 15.6 Å². The fourth-order valence-corrected chi connectivity index (χ4v) is 4.39. The number of fused-ring (bicyclic) bond motifs is 1. The van der Waals surface area contributed by atoms with E-state index in [0.717, 1.165) is 42.5 Å². The van der Waals surface area contributed by atoms with Gasteiger partial charge in [0.25, 0.3) is 5.91 Å². The smallest absolute Gasteiger partial charge is 0.261 e. The van der Waals surface area contributed by atoms with E-state index in [4.69, 9.17) is 0 Å². The number of carbonyl (C=O) groups is 2. The van der Waals surface area contributed by atoms with Crippen LogP contribution in [0.3, 0.4) is 0 Å². The number of anilines is 1. The molecule has 1 saturated carbocycles. The molecule has 2 aromatic heterocycles. The molecule has 1 aromatic carbocycles. The van der Waals surface area contributed by atoms with Crippen LogP contribution in [0.5, 0.6) is 0 Å². The average molecular weight is 433 g/mol. The molecule has 0 saturated heterocycles.